The summed E-state index contributed by atoms with van der Waals surface area (Å²) in [7, 11) is 0. The molecule has 0 saturated carbocycles. The van der Waals surface area contributed by atoms with E-state index >= 15 is 0 Å². The molecule has 3 heteroatoms. The van der Waals surface area contributed by atoms with Crippen LogP contribution in [0.3, 0.4) is 0 Å². The van der Waals surface area contributed by atoms with E-state index in [2.05, 4.69) is 12.6 Å². The lowest BCUT2D eigenvalue weighted by molar-refractivity contribution is -0.129. The van der Waals surface area contributed by atoms with E-state index in [9.17, 15) is 9.90 Å². The molecule has 0 aliphatic heterocycles. The molecule has 0 aromatic rings. The lowest BCUT2D eigenvalue weighted by Crippen LogP contribution is -2.35. The number of carbonyl (C=O) groups is 1. The molecule has 0 bridgehead atoms. The molecular weight excluding hydrogens is 184 g/mol. The molecule has 0 spiro atoms. The maximum absolute atomic E-state index is 11.1. The molecule has 0 rings (SSSR count). The van der Waals surface area contributed by atoms with Gasteiger partial charge in [0.15, 0.2) is 0 Å². The Balaban J connectivity index is 4.08. The number of thiol groups is 1. The van der Waals surface area contributed by atoms with Gasteiger partial charge in [0.05, 0.1) is 0 Å². The molecule has 0 aromatic carbocycles. The van der Waals surface area contributed by atoms with Crippen molar-refractivity contribution < 1.29 is 9.90 Å². The molecule has 0 aromatic heterocycles. The van der Waals surface area contributed by atoms with Crippen molar-refractivity contribution >= 4 is 17.7 Å². The molecule has 0 amide bonds. The summed E-state index contributed by atoms with van der Waals surface area (Å²) >= 11 is 3.74. The van der Waals surface area contributed by atoms with Gasteiger partial charge in [-0.25, -0.2) is 0 Å². The van der Waals surface area contributed by atoms with Crippen LogP contribution in [0.25, 0.3) is 0 Å². The Labute approximate surface area is 86.1 Å². The summed E-state index contributed by atoms with van der Waals surface area (Å²) in [6.45, 7) is 4.09. The molecule has 0 unspecified atom stereocenters. The number of hydrogen-bond acceptors (Lipinski definition) is 2. The third-order valence-electron chi connectivity index (χ3n) is 2.29. The number of rotatable bonds is 7. The lowest BCUT2D eigenvalue weighted by atomic mass is 9.92. The summed E-state index contributed by atoms with van der Waals surface area (Å²) in [4.78, 5) is 11.1. The Hall–Kier alpha value is -0.0200. The first kappa shape index (κ1) is 13.0. The maximum atomic E-state index is 11.1. The van der Waals surface area contributed by atoms with Gasteiger partial charge in [0.25, 0.3) is 0 Å². The van der Waals surface area contributed by atoms with E-state index in [4.69, 9.17) is 0 Å². The van der Waals surface area contributed by atoms with Crippen molar-refractivity contribution in [2.24, 2.45) is 0 Å². The van der Waals surface area contributed by atoms with Crippen LogP contribution in [-0.4, -0.2) is 15.8 Å². The van der Waals surface area contributed by atoms with Crippen molar-refractivity contribution in [1.82, 2.24) is 0 Å². The Kier molecular flexibility index (Phi) is 6.43. The summed E-state index contributed by atoms with van der Waals surface area (Å²) in [5.74, 6) is 0. The van der Waals surface area contributed by atoms with Crippen LogP contribution < -0.4 is 0 Å². The molecule has 0 aliphatic carbocycles. The summed E-state index contributed by atoms with van der Waals surface area (Å²) in [5.41, 5.74) is -1.17. The molecule has 0 heterocycles. The molecule has 78 valence electrons. The average molecular weight is 204 g/mol. The summed E-state index contributed by atoms with van der Waals surface area (Å²) in [6, 6.07) is 0. The van der Waals surface area contributed by atoms with Crippen molar-refractivity contribution in [2.75, 3.05) is 0 Å². The van der Waals surface area contributed by atoms with E-state index in [1.54, 1.807) is 0 Å². The minimum Gasteiger partial charge on any atom is -0.381 e. The van der Waals surface area contributed by atoms with Crippen molar-refractivity contribution in [2.45, 2.75) is 58.0 Å². The van der Waals surface area contributed by atoms with Gasteiger partial charge in [0.1, 0.15) is 5.60 Å². The van der Waals surface area contributed by atoms with Crippen LogP contribution in [0.2, 0.25) is 0 Å². The SMILES string of the molecule is CCCCC(O)(CCCC)C(=O)S. The zero-order valence-electron chi connectivity index (χ0n) is 8.55. The van der Waals surface area contributed by atoms with Gasteiger partial charge in [-0.05, 0) is 12.8 Å². The smallest absolute Gasteiger partial charge is 0.217 e. The Morgan fingerprint density at radius 2 is 1.62 bits per heavy atom. The summed E-state index contributed by atoms with van der Waals surface area (Å²) in [5, 5.41) is 9.54. The summed E-state index contributed by atoms with van der Waals surface area (Å²) in [6.07, 6.45) is 4.85. The first-order valence-electron chi connectivity index (χ1n) is 5.02. The molecule has 0 saturated heterocycles. The second-order valence-corrected chi connectivity index (χ2v) is 3.95. The zero-order chi connectivity index (χ0) is 10.3. The van der Waals surface area contributed by atoms with E-state index in [0.29, 0.717) is 12.8 Å². The zero-order valence-corrected chi connectivity index (χ0v) is 9.44. The highest BCUT2D eigenvalue weighted by molar-refractivity contribution is 7.96. The van der Waals surface area contributed by atoms with Crippen LogP contribution in [0.15, 0.2) is 0 Å². The topological polar surface area (TPSA) is 37.3 Å². The highest BCUT2D eigenvalue weighted by atomic mass is 32.1. The minimum atomic E-state index is -1.17. The highest BCUT2D eigenvalue weighted by Crippen LogP contribution is 2.23. The predicted molar refractivity (Wildman–Crippen MR) is 58.0 cm³/mol. The second kappa shape index (κ2) is 6.44. The normalized spacial score (nSPS) is 11.7. The van der Waals surface area contributed by atoms with Gasteiger partial charge >= 0.3 is 0 Å². The van der Waals surface area contributed by atoms with Gasteiger partial charge in [-0.2, -0.15) is 0 Å². The average Bonchev–Trinajstić information content (AvgIpc) is 2.11. The number of carbonyl (C=O) groups excluding carboxylic acids is 1. The third-order valence-corrected chi connectivity index (χ3v) is 2.70. The van der Waals surface area contributed by atoms with Crippen LogP contribution in [0.1, 0.15) is 52.4 Å². The fourth-order valence-corrected chi connectivity index (χ4v) is 1.50. The van der Waals surface area contributed by atoms with Crippen molar-refractivity contribution in [3.8, 4) is 0 Å². The van der Waals surface area contributed by atoms with E-state index in [-0.39, 0.29) is 5.12 Å². The fourth-order valence-electron chi connectivity index (χ4n) is 1.28. The molecular formula is C10H20O2S. The minimum absolute atomic E-state index is 0.380. The molecule has 0 fully saturated rings. The van der Waals surface area contributed by atoms with Gasteiger partial charge in [-0.1, -0.05) is 39.5 Å². The molecule has 2 nitrogen and oxygen atoms in total. The van der Waals surface area contributed by atoms with Crippen molar-refractivity contribution in [3.63, 3.8) is 0 Å². The fraction of sp³-hybridized carbons (Fsp3) is 0.900. The van der Waals surface area contributed by atoms with Crippen LogP contribution in [0.5, 0.6) is 0 Å². The van der Waals surface area contributed by atoms with Crippen LogP contribution >= 0.6 is 12.6 Å². The molecule has 1 N–H and O–H groups in total. The second-order valence-electron chi connectivity index (χ2n) is 3.54. The highest BCUT2D eigenvalue weighted by Gasteiger charge is 2.31. The van der Waals surface area contributed by atoms with E-state index in [0.717, 1.165) is 25.7 Å². The van der Waals surface area contributed by atoms with Gasteiger partial charge in [-0.3, -0.25) is 4.79 Å². The van der Waals surface area contributed by atoms with Crippen molar-refractivity contribution in [3.05, 3.63) is 0 Å². The van der Waals surface area contributed by atoms with Gasteiger partial charge in [0.2, 0.25) is 5.12 Å². The van der Waals surface area contributed by atoms with E-state index < -0.39 is 5.60 Å². The lowest BCUT2D eigenvalue weighted by Gasteiger charge is -2.24. The van der Waals surface area contributed by atoms with Gasteiger partial charge < -0.3 is 5.11 Å². The largest absolute Gasteiger partial charge is 0.381 e. The Morgan fingerprint density at radius 3 is 1.85 bits per heavy atom. The first-order chi connectivity index (χ1) is 6.06. The monoisotopic (exact) mass is 204 g/mol. The van der Waals surface area contributed by atoms with Gasteiger partial charge in [0, 0.05) is 0 Å². The Morgan fingerprint density at radius 1 is 1.23 bits per heavy atom. The third kappa shape index (κ3) is 4.67. The summed E-state index contributed by atoms with van der Waals surface area (Å²) < 4.78 is 0. The number of unbranched alkanes of at least 4 members (excludes halogenated alkanes) is 2. The van der Waals surface area contributed by atoms with E-state index in [1.165, 1.54) is 0 Å². The predicted octanol–water partition coefficient (Wildman–Crippen LogP) is 2.55. The van der Waals surface area contributed by atoms with Crippen LogP contribution in [-0.2, 0) is 4.79 Å². The number of aliphatic hydroxyl groups is 1. The molecule has 0 atom stereocenters. The molecule has 13 heavy (non-hydrogen) atoms. The van der Waals surface area contributed by atoms with Crippen LogP contribution in [0.4, 0.5) is 0 Å². The quantitative estimate of drug-likeness (QED) is 0.625. The maximum Gasteiger partial charge on any atom is 0.217 e. The standard InChI is InChI=1S/C10H20O2S/c1-3-5-7-10(12,9(11)13)8-6-4-2/h12H,3-8H2,1-2H3,(H,11,13). The number of hydrogen-bond donors (Lipinski definition) is 2. The molecule has 0 aliphatic rings. The van der Waals surface area contributed by atoms with Crippen molar-refractivity contribution in [1.29, 1.82) is 0 Å². The molecule has 0 radical (unpaired) electrons. The Bertz CT molecular complexity index is 149. The van der Waals surface area contributed by atoms with Gasteiger partial charge in [-0.15, -0.1) is 12.6 Å². The van der Waals surface area contributed by atoms with E-state index in [1.807, 2.05) is 13.8 Å². The first-order valence-corrected chi connectivity index (χ1v) is 5.47. The van der Waals surface area contributed by atoms with Crippen LogP contribution in [0, 0.1) is 0 Å².